The predicted molar refractivity (Wildman–Crippen MR) is 103 cm³/mol. The van der Waals surface area contributed by atoms with Crippen molar-refractivity contribution in [3.8, 4) is 5.75 Å². The van der Waals surface area contributed by atoms with Gasteiger partial charge in [0, 0.05) is 30.2 Å². The Morgan fingerprint density at radius 1 is 1.08 bits per heavy atom. The van der Waals surface area contributed by atoms with Crippen LogP contribution in [0.5, 0.6) is 5.75 Å². The van der Waals surface area contributed by atoms with Gasteiger partial charge in [-0.05, 0) is 18.2 Å². The van der Waals surface area contributed by atoms with Gasteiger partial charge in [-0.2, -0.15) is 0 Å². The van der Waals surface area contributed by atoms with Crippen molar-refractivity contribution >= 4 is 42.2 Å². The van der Waals surface area contributed by atoms with Crippen molar-refractivity contribution < 1.29 is 9.53 Å². The molecule has 2 aromatic carbocycles. The van der Waals surface area contributed by atoms with Crippen LogP contribution in [-0.2, 0) is 0 Å². The molecule has 0 aliphatic heterocycles. The molecule has 0 bridgehead atoms. The number of hydrogen-bond acceptors (Lipinski definition) is 4. The number of ether oxygens (including phenoxy) is 1. The second kappa shape index (κ2) is 12.1. The van der Waals surface area contributed by atoms with Crippen LogP contribution in [0.25, 0.3) is 0 Å². The van der Waals surface area contributed by atoms with E-state index in [4.69, 9.17) is 22.1 Å². The molecule has 7 heteroatoms. The van der Waals surface area contributed by atoms with Gasteiger partial charge < -0.3 is 15.8 Å². The smallest absolute Gasteiger partial charge is 0.196 e. The van der Waals surface area contributed by atoms with Crippen LogP contribution >= 0.6 is 36.4 Å². The van der Waals surface area contributed by atoms with Gasteiger partial charge in [-0.1, -0.05) is 41.9 Å². The first-order valence-corrected chi connectivity index (χ1v) is 7.53. The molecule has 0 spiro atoms. The average Bonchev–Trinajstić information content (AvgIpc) is 2.56. The molecule has 0 radical (unpaired) electrons. The first kappa shape index (κ1) is 22.7. The molecule has 0 amide bonds. The molecular formula is C17H21Cl3N2O2. The lowest BCUT2D eigenvalue weighted by atomic mass is 10.0. The molecule has 132 valence electrons. The highest BCUT2D eigenvalue weighted by molar-refractivity contribution is 6.31. The number of carbonyl (C=O) groups is 1. The number of ketones is 1. The minimum absolute atomic E-state index is 0. The highest BCUT2D eigenvalue weighted by Crippen LogP contribution is 2.25. The molecule has 0 unspecified atom stereocenters. The van der Waals surface area contributed by atoms with Gasteiger partial charge in [0.05, 0.1) is 5.56 Å². The Bertz CT molecular complexity index is 624. The second-order valence-electron chi connectivity index (χ2n) is 4.72. The van der Waals surface area contributed by atoms with Crippen LogP contribution < -0.4 is 15.8 Å². The van der Waals surface area contributed by atoms with Gasteiger partial charge in [0.2, 0.25) is 0 Å². The maximum Gasteiger partial charge on any atom is 0.196 e. The molecular weight excluding hydrogens is 371 g/mol. The van der Waals surface area contributed by atoms with E-state index in [9.17, 15) is 4.79 Å². The minimum Gasteiger partial charge on any atom is -0.491 e. The number of nitrogens with one attached hydrogen (secondary N) is 1. The predicted octanol–water partition coefficient (Wildman–Crippen LogP) is 3.34. The monoisotopic (exact) mass is 390 g/mol. The van der Waals surface area contributed by atoms with Crippen molar-refractivity contribution in [1.82, 2.24) is 5.32 Å². The summed E-state index contributed by atoms with van der Waals surface area (Å²) in [7, 11) is 0. The zero-order valence-corrected chi connectivity index (χ0v) is 15.4. The first-order chi connectivity index (χ1) is 10.7. The maximum absolute atomic E-state index is 12.6. The van der Waals surface area contributed by atoms with Crippen molar-refractivity contribution in [2.24, 2.45) is 5.73 Å². The molecule has 0 fully saturated rings. The summed E-state index contributed by atoms with van der Waals surface area (Å²) in [4.78, 5) is 12.6. The summed E-state index contributed by atoms with van der Waals surface area (Å²) in [6, 6.07) is 14.2. The van der Waals surface area contributed by atoms with Gasteiger partial charge in [0.15, 0.2) is 5.78 Å². The Labute approximate surface area is 159 Å². The summed E-state index contributed by atoms with van der Waals surface area (Å²) in [5.41, 5.74) is 6.48. The molecule has 2 rings (SSSR count). The Hall–Kier alpha value is -1.30. The zero-order valence-electron chi connectivity index (χ0n) is 13.0. The SMILES string of the molecule is Cl.Cl.NCCNCCOc1ccc(Cl)cc1C(=O)c1ccccc1. The van der Waals surface area contributed by atoms with Crippen molar-refractivity contribution in [2.75, 3.05) is 26.2 Å². The van der Waals surface area contributed by atoms with Gasteiger partial charge >= 0.3 is 0 Å². The van der Waals surface area contributed by atoms with E-state index >= 15 is 0 Å². The molecule has 0 aliphatic rings. The van der Waals surface area contributed by atoms with Gasteiger partial charge in [-0.3, -0.25) is 4.79 Å². The lowest BCUT2D eigenvalue weighted by Gasteiger charge is -2.12. The molecule has 0 atom stereocenters. The van der Waals surface area contributed by atoms with E-state index < -0.39 is 0 Å². The van der Waals surface area contributed by atoms with Crippen LogP contribution in [0.4, 0.5) is 0 Å². The third-order valence-electron chi connectivity index (χ3n) is 3.08. The Morgan fingerprint density at radius 3 is 2.46 bits per heavy atom. The summed E-state index contributed by atoms with van der Waals surface area (Å²) < 4.78 is 5.70. The fourth-order valence-corrected chi connectivity index (χ4v) is 2.18. The highest BCUT2D eigenvalue weighted by Gasteiger charge is 2.15. The van der Waals surface area contributed by atoms with Crippen molar-refractivity contribution in [1.29, 1.82) is 0 Å². The molecule has 0 saturated heterocycles. The van der Waals surface area contributed by atoms with E-state index in [-0.39, 0.29) is 30.6 Å². The van der Waals surface area contributed by atoms with Gasteiger partial charge in [0.25, 0.3) is 0 Å². The second-order valence-corrected chi connectivity index (χ2v) is 5.16. The minimum atomic E-state index is -0.104. The van der Waals surface area contributed by atoms with Crippen molar-refractivity contribution in [2.45, 2.75) is 0 Å². The van der Waals surface area contributed by atoms with Crippen LogP contribution in [0.1, 0.15) is 15.9 Å². The van der Waals surface area contributed by atoms with Gasteiger partial charge in [-0.15, -0.1) is 24.8 Å². The molecule has 0 saturated carbocycles. The van der Waals surface area contributed by atoms with Gasteiger partial charge in [0.1, 0.15) is 12.4 Å². The molecule has 0 aromatic heterocycles. The lowest BCUT2D eigenvalue weighted by Crippen LogP contribution is -2.27. The summed E-state index contributed by atoms with van der Waals surface area (Å²) in [5.74, 6) is 0.431. The van der Waals surface area contributed by atoms with Crippen LogP contribution in [0.15, 0.2) is 48.5 Å². The van der Waals surface area contributed by atoms with Crippen molar-refractivity contribution in [3.05, 3.63) is 64.7 Å². The number of nitrogens with two attached hydrogens (primary N) is 1. The van der Waals surface area contributed by atoms with Crippen LogP contribution in [-0.4, -0.2) is 32.0 Å². The average molecular weight is 392 g/mol. The standard InChI is InChI=1S/C17H19ClN2O2.2ClH/c18-14-6-7-16(22-11-10-20-9-8-19)15(12-14)17(21)13-4-2-1-3-5-13;;/h1-7,12,20H,8-11,19H2;2*1H. The van der Waals surface area contributed by atoms with Crippen LogP contribution in [0, 0.1) is 0 Å². The summed E-state index contributed by atoms with van der Waals surface area (Å²) in [6.45, 7) is 2.44. The summed E-state index contributed by atoms with van der Waals surface area (Å²) in [6.07, 6.45) is 0. The largest absolute Gasteiger partial charge is 0.491 e. The number of rotatable bonds is 8. The van der Waals surface area contributed by atoms with Crippen molar-refractivity contribution in [3.63, 3.8) is 0 Å². The Balaban J connectivity index is 0.00000264. The highest BCUT2D eigenvalue weighted by atomic mass is 35.5. The van der Waals surface area contributed by atoms with E-state index in [0.29, 0.717) is 41.6 Å². The van der Waals surface area contributed by atoms with Crippen LogP contribution in [0.3, 0.4) is 0 Å². The molecule has 0 aliphatic carbocycles. The molecule has 3 N–H and O–H groups in total. The summed E-state index contributed by atoms with van der Waals surface area (Å²) >= 11 is 6.02. The molecule has 24 heavy (non-hydrogen) atoms. The normalized spacial score (nSPS) is 9.58. The number of halogens is 3. The summed E-state index contributed by atoms with van der Waals surface area (Å²) in [5, 5.41) is 3.64. The molecule has 0 heterocycles. The van der Waals surface area contributed by atoms with E-state index in [0.717, 1.165) is 6.54 Å². The van der Waals surface area contributed by atoms with E-state index in [1.807, 2.05) is 18.2 Å². The third-order valence-corrected chi connectivity index (χ3v) is 3.31. The third kappa shape index (κ3) is 6.67. The van der Waals surface area contributed by atoms with Gasteiger partial charge in [-0.25, -0.2) is 0 Å². The maximum atomic E-state index is 12.6. The Kier molecular flexibility index (Phi) is 11.5. The van der Waals surface area contributed by atoms with E-state index in [1.54, 1.807) is 30.3 Å². The van der Waals surface area contributed by atoms with E-state index in [2.05, 4.69) is 5.32 Å². The number of benzene rings is 2. The lowest BCUT2D eigenvalue weighted by molar-refractivity contribution is 0.103. The fourth-order valence-electron chi connectivity index (χ4n) is 2.01. The first-order valence-electron chi connectivity index (χ1n) is 7.15. The number of carbonyl (C=O) groups excluding carboxylic acids is 1. The van der Waals surface area contributed by atoms with Crippen LogP contribution in [0.2, 0.25) is 5.02 Å². The zero-order chi connectivity index (χ0) is 15.8. The topological polar surface area (TPSA) is 64.3 Å². The Morgan fingerprint density at radius 2 is 1.79 bits per heavy atom. The van der Waals surface area contributed by atoms with E-state index in [1.165, 1.54) is 0 Å². The number of hydrogen-bond donors (Lipinski definition) is 2. The quantitative estimate of drug-likeness (QED) is 0.535. The molecule has 2 aromatic rings. The fraction of sp³-hybridized carbons (Fsp3) is 0.235. The molecule has 4 nitrogen and oxygen atoms in total.